The third kappa shape index (κ3) is 3.70. The van der Waals surface area contributed by atoms with Crippen LogP contribution >= 0.6 is 0 Å². The molecule has 1 aliphatic heterocycles. The van der Waals surface area contributed by atoms with Crippen LogP contribution in [0.4, 0.5) is 0 Å². The minimum atomic E-state index is -0.322. The molecule has 0 aliphatic carbocycles. The van der Waals surface area contributed by atoms with Crippen LogP contribution in [0.1, 0.15) is 44.5 Å². The Balaban J connectivity index is 1.51. The van der Waals surface area contributed by atoms with Crippen LogP contribution in [0.3, 0.4) is 0 Å². The summed E-state index contributed by atoms with van der Waals surface area (Å²) >= 11 is 0. The van der Waals surface area contributed by atoms with Crippen molar-refractivity contribution in [2.75, 3.05) is 13.1 Å². The van der Waals surface area contributed by atoms with Gasteiger partial charge in [0.05, 0.1) is 0 Å². The Kier molecular flexibility index (Phi) is 4.60. The van der Waals surface area contributed by atoms with Gasteiger partial charge in [-0.15, -0.1) is 0 Å². The lowest BCUT2D eigenvalue weighted by Gasteiger charge is -2.15. The molecule has 0 saturated carbocycles. The number of benzene rings is 1. The fourth-order valence-corrected chi connectivity index (χ4v) is 2.80. The molecule has 6 nitrogen and oxygen atoms in total. The van der Waals surface area contributed by atoms with Gasteiger partial charge in [-0.1, -0.05) is 12.1 Å². The highest BCUT2D eigenvalue weighted by molar-refractivity contribution is 5.84. The standard InChI is InChI=1S/C17H21N3O3/c1-12(17-19-13-6-2-3-7-14(13)23-17)18-15(21)8-9-16(22)20-10-4-5-11-20/h2-3,6-7,12H,4-5,8-11H2,1H3,(H,18,21). The molecule has 122 valence electrons. The smallest absolute Gasteiger partial charge is 0.223 e. The highest BCUT2D eigenvalue weighted by Gasteiger charge is 2.20. The molecule has 0 radical (unpaired) electrons. The highest BCUT2D eigenvalue weighted by atomic mass is 16.3. The lowest BCUT2D eigenvalue weighted by atomic mass is 10.2. The maximum atomic E-state index is 12.0. The van der Waals surface area contributed by atoms with Gasteiger partial charge in [0.2, 0.25) is 17.7 Å². The monoisotopic (exact) mass is 315 g/mol. The van der Waals surface area contributed by atoms with Gasteiger partial charge in [-0.05, 0) is 31.9 Å². The Morgan fingerprint density at radius 3 is 2.74 bits per heavy atom. The molecule has 0 bridgehead atoms. The molecular formula is C17H21N3O3. The fourth-order valence-electron chi connectivity index (χ4n) is 2.80. The van der Waals surface area contributed by atoms with E-state index in [1.165, 1.54) is 0 Å². The minimum Gasteiger partial charge on any atom is -0.438 e. The number of hydrogen-bond acceptors (Lipinski definition) is 4. The summed E-state index contributed by atoms with van der Waals surface area (Å²) in [6.45, 7) is 3.46. The topological polar surface area (TPSA) is 75.4 Å². The summed E-state index contributed by atoms with van der Waals surface area (Å²) in [5.41, 5.74) is 1.47. The maximum absolute atomic E-state index is 12.0. The van der Waals surface area contributed by atoms with Crippen molar-refractivity contribution < 1.29 is 14.0 Å². The van der Waals surface area contributed by atoms with Crippen LogP contribution in [-0.4, -0.2) is 34.8 Å². The van der Waals surface area contributed by atoms with Crippen LogP contribution < -0.4 is 5.32 Å². The second-order valence-corrected chi connectivity index (χ2v) is 5.90. The van der Waals surface area contributed by atoms with Gasteiger partial charge in [0.25, 0.3) is 0 Å². The zero-order valence-electron chi connectivity index (χ0n) is 13.2. The van der Waals surface area contributed by atoms with Crippen molar-refractivity contribution in [2.45, 2.75) is 38.6 Å². The van der Waals surface area contributed by atoms with Crippen LogP contribution in [0.2, 0.25) is 0 Å². The van der Waals surface area contributed by atoms with Gasteiger partial charge in [0, 0.05) is 25.9 Å². The van der Waals surface area contributed by atoms with E-state index in [9.17, 15) is 9.59 Å². The molecule has 6 heteroatoms. The average molecular weight is 315 g/mol. The lowest BCUT2D eigenvalue weighted by Crippen LogP contribution is -2.31. The molecule has 1 saturated heterocycles. The predicted molar refractivity (Wildman–Crippen MR) is 85.6 cm³/mol. The van der Waals surface area contributed by atoms with Crippen LogP contribution in [0.15, 0.2) is 28.7 Å². The van der Waals surface area contributed by atoms with Gasteiger partial charge < -0.3 is 14.6 Å². The molecule has 2 amide bonds. The Hall–Kier alpha value is -2.37. The zero-order chi connectivity index (χ0) is 16.2. The van der Waals surface area contributed by atoms with E-state index in [-0.39, 0.29) is 30.7 Å². The number of likely N-dealkylation sites (tertiary alicyclic amines) is 1. The van der Waals surface area contributed by atoms with E-state index < -0.39 is 0 Å². The molecule has 1 aromatic carbocycles. The Labute approximate surface area is 134 Å². The van der Waals surface area contributed by atoms with Gasteiger partial charge in [-0.3, -0.25) is 9.59 Å². The van der Waals surface area contributed by atoms with Crippen LogP contribution in [-0.2, 0) is 9.59 Å². The lowest BCUT2D eigenvalue weighted by molar-refractivity contribution is -0.132. The third-order valence-electron chi connectivity index (χ3n) is 4.08. The summed E-state index contributed by atoms with van der Waals surface area (Å²) in [4.78, 5) is 30.1. The van der Waals surface area contributed by atoms with Crippen molar-refractivity contribution in [3.63, 3.8) is 0 Å². The van der Waals surface area contributed by atoms with Crippen molar-refractivity contribution >= 4 is 22.9 Å². The van der Waals surface area contributed by atoms with E-state index in [4.69, 9.17) is 4.42 Å². The molecule has 2 heterocycles. The van der Waals surface area contributed by atoms with E-state index in [0.29, 0.717) is 11.5 Å². The van der Waals surface area contributed by atoms with Crippen molar-refractivity contribution in [3.8, 4) is 0 Å². The molecule has 3 rings (SSSR count). The number of amides is 2. The molecule has 0 spiro atoms. The van der Waals surface area contributed by atoms with Crippen LogP contribution in [0.5, 0.6) is 0 Å². The van der Waals surface area contributed by atoms with Crippen LogP contribution in [0.25, 0.3) is 11.1 Å². The van der Waals surface area contributed by atoms with Crippen LogP contribution in [0, 0.1) is 0 Å². The number of rotatable bonds is 5. The minimum absolute atomic E-state index is 0.0622. The summed E-state index contributed by atoms with van der Waals surface area (Å²) in [6, 6.07) is 7.16. The Bertz CT molecular complexity index is 671. The largest absolute Gasteiger partial charge is 0.438 e. The van der Waals surface area contributed by atoms with Crippen molar-refractivity contribution in [1.29, 1.82) is 0 Å². The van der Waals surface area contributed by atoms with Gasteiger partial charge in [-0.25, -0.2) is 4.98 Å². The van der Waals surface area contributed by atoms with E-state index in [1.807, 2.05) is 36.1 Å². The Morgan fingerprint density at radius 2 is 2.00 bits per heavy atom. The van der Waals surface area contributed by atoms with Gasteiger partial charge in [0.15, 0.2) is 5.58 Å². The van der Waals surface area contributed by atoms with Gasteiger partial charge in [-0.2, -0.15) is 0 Å². The van der Waals surface area contributed by atoms with E-state index in [2.05, 4.69) is 10.3 Å². The quantitative estimate of drug-likeness (QED) is 0.919. The molecule has 1 aromatic heterocycles. The summed E-state index contributed by atoms with van der Waals surface area (Å²) in [5.74, 6) is 0.380. The molecule has 1 unspecified atom stereocenters. The number of oxazole rings is 1. The zero-order valence-corrected chi connectivity index (χ0v) is 13.2. The second-order valence-electron chi connectivity index (χ2n) is 5.90. The number of aromatic nitrogens is 1. The molecule has 1 atom stereocenters. The first-order valence-electron chi connectivity index (χ1n) is 8.06. The second kappa shape index (κ2) is 6.81. The maximum Gasteiger partial charge on any atom is 0.223 e. The van der Waals surface area contributed by atoms with Crippen molar-refractivity contribution in [2.24, 2.45) is 0 Å². The normalized spacial score (nSPS) is 15.8. The number of carbonyl (C=O) groups excluding carboxylic acids is 2. The number of nitrogens with one attached hydrogen (secondary N) is 1. The number of nitrogens with zero attached hydrogens (tertiary/aromatic N) is 2. The predicted octanol–water partition coefficient (Wildman–Crippen LogP) is 2.41. The summed E-state index contributed by atoms with van der Waals surface area (Å²) in [6.07, 6.45) is 2.57. The number of fused-ring (bicyclic) bond motifs is 1. The first-order valence-corrected chi connectivity index (χ1v) is 8.06. The fraction of sp³-hybridized carbons (Fsp3) is 0.471. The van der Waals surface area contributed by atoms with Crippen molar-refractivity contribution in [1.82, 2.24) is 15.2 Å². The van der Waals surface area contributed by atoms with Crippen molar-refractivity contribution in [3.05, 3.63) is 30.2 Å². The highest BCUT2D eigenvalue weighted by Crippen LogP contribution is 2.19. The number of hydrogen-bond donors (Lipinski definition) is 1. The summed E-state index contributed by atoms with van der Waals surface area (Å²) < 4.78 is 5.64. The number of carbonyl (C=O) groups is 2. The van der Waals surface area contributed by atoms with Gasteiger partial charge in [0.1, 0.15) is 11.6 Å². The molecule has 23 heavy (non-hydrogen) atoms. The molecule has 1 aliphatic rings. The summed E-state index contributed by atoms with van der Waals surface area (Å²) in [7, 11) is 0. The van der Waals surface area contributed by atoms with Gasteiger partial charge >= 0.3 is 0 Å². The summed E-state index contributed by atoms with van der Waals surface area (Å²) in [5, 5.41) is 2.84. The SMILES string of the molecule is CC(NC(=O)CCC(=O)N1CCCC1)c1nc2ccccc2o1. The number of para-hydroxylation sites is 2. The molecular weight excluding hydrogens is 294 g/mol. The first-order chi connectivity index (χ1) is 11.1. The van der Waals surface area contributed by atoms with E-state index in [0.717, 1.165) is 31.4 Å². The van der Waals surface area contributed by atoms with E-state index in [1.54, 1.807) is 0 Å². The molecule has 1 N–H and O–H groups in total. The van der Waals surface area contributed by atoms with E-state index >= 15 is 0 Å². The average Bonchev–Trinajstić information content (AvgIpc) is 3.21. The third-order valence-corrected chi connectivity index (χ3v) is 4.08. The first kappa shape index (κ1) is 15.5. The molecule has 1 fully saturated rings. The Morgan fingerprint density at radius 1 is 1.26 bits per heavy atom. The molecule has 2 aromatic rings.